The van der Waals surface area contributed by atoms with Crippen molar-refractivity contribution in [3.05, 3.63) is 23.0 Å². The molecule has 0 saturated heterocycles. The van der Waals surface area contributed by atoms with Crippen molar-refractivity contribution >= 4 is 11.6 Å². The van der Waals surface area contributed by atoms with E-state index in [1.807, 2.05) is 0 Å². The summed E-state index contributed by atoms with van der Waals surface area (Å²) >= 11 is 0. The van der Waals surface area contributed by atoms with Crippen molar-refractivity contribution < 1.29 is 14.3 Å². The average molecular weight is 220 g/mol. The third-order valence-electron chi connectivity index (χ3n) is 3.67. The van der Waals surface area contributed by atoms with Crippen LogP contribution in [0.3, 0.4) is 0 Å². The Morgan fingerprint density at radius 1 is 1.12 bits per heavy atom. The smallest absolute Gasteiger partial charge is 0.224 e. The lowest BCUT2D eigenvalue weighted by atomic mass is 9.73. The zero-order chi connectivity index (χ0) is 11.9. The predicted octanol–water partition coefficient (Wildman–Crippen LogP) is 2.03. The second-order valence-corrected chi connectivity index (χ2v) is 4.73. The monoisotopic (exact) mass is 220 g/mol. The molecule has 0 saturated carbocycles. The van der Waals surface area contributed by atoms with Gasteiger partial charge in [-0.15, -0.1) is 0 Å². The maximum absolute atomic E-state index is 12.0. The fraction of sp³-hybridized carbons (Fsp3) is 0.538. The molecular weight excluding hydrogens is 204 g/mol. The summed E-state index contributed by atoms with van der Waals surface area (Å²) in [5, 5.41) is 0. The number of hydrogen-bond acceptors (Lipinski definition) is 3. The SMILES string of the molecule is COC1=CC(=O)C2=C(CC(C)C(C)C2)C1=O. The van der Waals surface area contributed by atoms with E-state index in [2.05, 4.69) is 13.8 Å². The summed E-state index contributed by atoms with van der Waals surface area (Å²) in [6.07, 6.45) is 2.74. The van der Waals surface area contributed by atoms with Gasteiger partial charge < -0.3 is 4.74 Å². The van der Waals surface area contributed by atoms with Crippen LogP contribution >= 0.6 is 0 Å². The van der Waals surface area contributed by atoms with E-state index >= 15 is 0 Å². The number of methoxy groups -OCH3 is 1. The number of ether oxygens (including phenoxy) is 1. The van der Waals surface area contributed by atoms with E-state index in [1.54, 1.807) is 0 Å². The molecule has 0 aliphatic heterocycles. The Bertz CT molecular complexity index is 415. The third kappa shape index (κ3) is 1.60. The Balaban J connectivity index is 2.40. The Morgan fingerprint density at radius 3 is 2.25 bits per heavy atom. The van der Waals surface area contributed by atoms with Crippen LogP contribution in [0.2, 0.25) is 0 Å². The first kappa shape index (κ1) is 11.1. The summed E-state index contributed by atoms with van der Waals surface area (Å²) in [4.78, 5) is 23.8. The van der Waals surface area contributed by atoms with Gasteiger partial charge >= 0.3 is 0 Å². The fourth-order valence-electron chi connectivity index (χ4n) is 2.34. The molecule has 2 aliphatic rings. The van der Waals surface area contributed by atoms with Crippen molar-refractivity contribution in [3.63, 3.8) is 0 Å². The van der Waals surface area contributed by atoms with Crippen LogP contribution in [0.4, 0.5) is 0 Å². The number of Topliss-reactive ketones (excluding diaryl/α,β-unsaturated/α-hetero) is 1. The molecule has 0 radical (unpaired) electrons. The van der Waals surface area contributed by atoms with E-state index in [9.17, 15) is 9.59 Å². The van der Waals surface area contributed by atoms with E-state index in [4.69, 9.17) is 4.74 Å². The number of hydrogen-bond donors (Lipinski definition) is 0. The Hall–Kier alpha value is -1.38. The highest BCUT2D eigenvalue weighted by molar-refractivity contribution is 6.22. The van der Waals surface area contributed by atoms with Gasteiger partial charge in [-0.1, -0.05) is 13.8 Å². The van der Waals surface area contributed by atoms with Crippen LogP contribution in [0, 0.1) is 11.8 Å². The minimum Gasteiger partial charge on any atom is -0.493 e. The second-order valence-electron chi connectivity index (χ2n) is 4.73. The highest BCUT2D eigenvalue weighted by Crippen LogP contribution is 2.37. The van der Waals surface area contributed by atoms with Crippen LogP contribution in [0.5, 0.6) is 0 Å². The molecule has 86 valence electrons. The van der Waals surface area contributed by atoms with Crippen molar-refractivity contribution in [2.24, 2.45) is 11.8 Å². The van der Waals surface area contributed by atoms with Crippen LogP contribution in [-0.2, 0) is 14.3 Å². The number of carbonyl (C=O) groups is 2. The largest absolute Gasteiger partial charge is 0.493 e. The molecule has 0 amide bonds. The summed E-state index contributed by atoms with van der Waals surface area (Å²) in [6, 6.07) is 0. The van der Waals surface area contributed by atoms with E-state index in [1.165, 1.54) is 13.2 Å². The Labute approximate surface area is 95.2 Å². The summed E-state index contributed by atoms with van der Waals surface area (Å²) in [5.41, 5.74) is 1.38. The summed E-state index contributed by atoms with van der Waals surface area (Å²) in [5.74, 6) is 0.950. The van der Waals surface area contributed by atoms with Crippen molar-refractivity contribution in [2.45, 2.75) is 26.7 Å². The minimum atomic E-state index is -0.101. The first-order valence-electron chi connectivity index (χ1n) is 5.61. The molecule has 2 unspecified atom stereocenters. The van der Waals surface area contributed by atoms with Crippen LogP contribution in [0.25, 0.3) is 0 Å². The van der Waals surface area contributed by atoms with Gasteiger partial charge in [-0.3, -0.25) is 9.59 Å². The zero-order valence-corrected chi connectivity index (χ0v) is 9.87. The van der Waals surface area contributed by atoms with E-state index in [0.29, 0.717) is 35.8 Å². The minimum absolute atomic E-state index is 0.0507. The van der Waals surface area contributed by atoms with Crippen LogP contribution in [0.15, 0.2) is 23.0 Å². The molecule has 3 nitrogen and oxygen atoms in total. The quantitative estimate of drug-likeness (QED) is 0.635. The molecule has 0 aromatic heterocycles. The van der Waals surface area contributed by atoms with Crippen molar-refractivity contribution in [2.75, 3.05) is 7.11 Å². The van der Waals surface area contributed by atoms with Gasteiger partial charge in [0.25, 0.3) is 0 Å². The number of allylic oxidation sites excluding steroid dienone is 3. The normalized spacial score (nSPS) is 30.1. The third-order valence-corrected chi connectivity index (χ3v) is 3.67. The molecule has 3 heteroatoms. The van der Waals surface area contributed by atoms with Crippen LogP contribution in [0.1, 0.15) is 26.7 Å². The summed E-state index contributed by atoms with van der Waals surface area (Å²) in [6.45, 7) is 4.25. The molecule has 0 bridgehead atoms. The topological polar surface area (TPSA) is 43.4 Å². The van der Waals surface area contributed by atoms with Crippen molar-refractivity contribution in [1.29, 1.82) is 0 Å². The predicted molar refractivity (Wildman–Crippen MR) is 59.7 cm³/mol. The highest BCUT2D eigenvalue weighted by Gasteiger charge is 2.35. The first-order valence-corrected chi connectivity index (χ1v) is 5.61. The van der Waals surface area contributed by atoms with Gasteiger partial charge in [-0.2, -0.15) is 0 Å². The maximum atomic E-state index is 12.0. The number of carbonyl (C=O) groups excluding carboxylic acids is 2. The molecule has 0 aromatic rings. The lowest BCUT2D eigenvalue weighted by Gasteiger charge is -2.30. The highest BCUT2D eigenvalue weighted by atomic mass is 16.5. The molecule has 2 atom stereocenters. The van der Waals surface area contributed by atoms with Gasteiger partial charge in [0.05, 0.1) is 7.11 Å². The molecule has 0 N–H and O–H groups in total. The zero-order valence-electron chi connectivity index (χ0n) is 9.87. The fourth-order valence-corrected chi connectivity index (χ4v) is 2.34. The standard InChI is InChI=1S/C13H16O3/c1-7-4-9-10(5-8(7)2)13(15)12(16-3)6-11(9)14/h6-8H,4-5H2,1-3H3. The molecule has 0 aromatic carbocycles. The maximum Gasteiger partial charge on any atom is 0.224 e. The van der Waals surface area contributed by atoms with E-state index in [-0.39, 0.29) is 17.3 Å². The number of ketones is 2. The average Bonchev–Trinajstić information content (AvgIpc) is 2.26. The molecule has 2 aliphatic carbocycles. The Morgan fingerprint density at radius 2 is 1.69 bits per heavy atom. The first-order chi connectivity index (χ1) is 7.54. The number of rotatable bonds is 1. The molecular formula is C13H16O3. The molecule has 16 heavy (non-hydrogen) atoms. The van der Waals surface area contributed by atoms with E-state index < -0.39 is 0 Å². The molecule has 2 rings (SSSR count). The van der Waals surface area contributed by atoms with Gasteiger partial charge in [-0.05, 0) is 24.7 Å². The van der Waals surface area contributed by atoms with Crippen LogP contribution in [-0.4, -0.2) is 18.7 Å². The van der Waals surface area contributed by atoms with E-state index in [0.717, 1.165) is 0 Å². The summed E-state index contributed by atoms with van der Waals surface area (Å²) in [7, 11) is 1.43. The van der Waals surface area contributed by atoms with Gasteiger partial charge in [0.1, 0.15) is 0 Å². The van der Waals surface area contributed by atoms with Gasteiger partial charge in [-0.25, -0.2) is 0 Å². The molecule has 0 fully saturated rings. The molecule has 0 spiro atoms. The van der Waals surface area contributed by atoms with Gasteiger partial charge in [0, 0.05) is 17.2 Å². The van der Waals surface area contributed by atoms with Crippen molar-refractivity contribution in [3.8, 4) is 0 Å². The van der Waals surface area contributed by atoms with Gasteiger partial charge in [0.2, 0.25) is 5.78 Å². The second kappa shape index (κ2) is 3.89. The molecule has 0 heterocycles. The van der Waals surface area contributed by atoms with Crippen LogP contribution < -0.4 is 0 Å². The lowest BCUT2D eigenvalue weighted by Crippen LogP contribution is -2.28. The Kier molecular flexibility index (Phi) is 2.70. The van der Waals surface area contributed by atoms with Gasteiger partial charge in [0.15, 0.2) is 11.5 Å². The lowest BCUT2D eigenvalue weighted by molar-refractivity contribution is -0.118. The summed E-state index contributed by atoms with van der Waals surface area (Å²) < 4.78 is 4.94. The van der Waals surface area contributed by atoms with Crippen molar-refractivity contribution in [1.82, 2.24) is 0 Å².